The van der Waals surface area contributed by atoms with Gasteiger partial charge in [-0.15, -0.1) is 12.4 Å². The van der Waals surface area contributed by atoms with Gasteiger partial charge in [-0.2, -0.15) is 0 Å². The van der Waals surface area contributed by atoms with Crippen molar-refractivity contribution >= 4 is 23.2 Å². The summed E-state index contributed by atoms with van der Waals surface area (Å²) in [5.41, 5.74) is 1.29. The Kier molecular flexibility index (Phi) is 5.32. The number of nitrogens with zero attached hydrogens (tertiary/aromatic N) is 1. The number of benzene rings is 2. The van der Waals surface area contributed by atoms with Crippen LogP contribution in [0.3, 0.4) is 0 Å². The van der Waals surface area contributed by atoms with E-state index in [0.29, 0.717) is 0 Å². The molecule has 2 aromatic carbocycles. The van der Waals surface area contributed by atoms with Gasteiger partial charge in [0.1, 0.15) is 0 Å². The first-order chi connectivity index (χ1) is 9.72. The molecule has 0 unspecified atom stereocenters. The molecule has 0 aliphatic carbocycles. The van der Waals surface area contributed by atoms with E-state index in [0.717, 1.165) is 23.7 Å². The summed E-state index contributed by atoms with van der Waals surface area (Å²) in [6, 6.07) is 9.48. The van der Waals surface area contributed by atoms with Crippen LogP contribution in [0.4, 0.5) is 0 Å². The van der Waals surface area contributed by atoms with E-state index in [9.17, 15) is 10.2 Å². The van der Waals surface area contributed by atoms with E-state index in [1.165, 1.54) is 37.9 Å². The lowest BCUT2D eigenvalue weighted by molar-refractivity contribution is 0.231. The molecule has 0 radical (unpaired) electrons. The van der Waals surface area contributed by atoms with Gasteiger partial charge < -0.3 is 15.1 Å². The third-order valence-corrected chi connectivity index (χ3v) is 4.16. The molecule has 1 fully saturated rings. The van der Waals surface area contributed by atoms with Crippen LogP contribution in [0, 0.1) is 0 Å². The van der Waals surface area contributed by atoms with Crippen molar-refractivity contribution in [3.63, 3.8) is 0 Å². The summed E-state index contributed by atoms with van der Waals surface area (Å²) in [6.07, 6.45) is 5.06. The molecule has 3 rings (SSSR count). The fraction of sp³-hybridized carbons (Fsp3) is 0.412. The largest absolute Gasteiger partial charge is 0.504 e. The number of likely N-dealkylation sites (tertiary alicyclic amines) is 1. The molecule has 0 saturated carbocycles. The Morgan fingerprint density at radius 3 is 2.24 bits per heavy atom. The minimum Gasteiger partial charge on any atom is -0.504 e. The lowest BCUT2D eigenvalue weighted by Gasteiger charge is -2.26. The molecular weight excluding hydrogens is 286 g/mol. The molecule has 21 heavy (non-hydrogen) atoms. The van der Waals surface area contributed by atoms with E-state index < -0.39 is 0 Å². The van der Waals surface area contributed by atoms with Crippen molar-refractivity contribution in [3.05, 3.63) is 35.9 Å². The summed E-state index contributed by atoms with van der Waals surface area (Å²) >= 11 is 0. The summed E-state index contributed by atoms with van der Waals surface area (Å²) in [5.74, 6) is -0.107. The highest BCUT2D eigenvalue weighted by Gasteiger charge is 2.10. The summed E-state index contributed by atoms with van der Waals surface area (Å²) in [5, 5.41) is 21.0. The predicted molar refractivity (Wildman–Crippen MR) is 88.5 cm³/mol. The molecule has 3 nitrogen and oxygen atoms in total. The van der Waals surface area contributed by atoms with Gasteiger partial charge in [0.05, 0.1) is 0 Å². The van der Waals surface area contributed by atoms with Gasteiger partial charge in [0.2, 0.25) is 0 Å². The zero-order valence-electron chi connectivity index (χ0n) is 12.1. The monoisotopic (exact) mass is 307 g/mol. The molecule has 0 amide bonds. The Balaban J connectivity index is 0.00000161. The SMILES string of the molecule is Cl.Oc1cc2ccc(CCN3CCCCC3)cc2cc1O. The molecule has 1 aliphatic rings. The molecule has 4 heteroatoms. The minimum atomic E-state index is -0.0569. The maximum Gasteiger partial charge on any atom is 0.158 e. The lowest BCUT2D eigenvalue weighted by atomic mass is 10.0. The van der Waals surface area contributed by atoms with Crippen molar-refractivity contribution in [2.24, 2.45) is 0 Å². The number of aromatic hydroxyl groups is 2. The first-order valence-corrected chi connectivity index (χ1v) is 7.39. The van der Waals surface area contributed by atoms with Crippen LogP contribution in [-0.4, -0.2) is 34.7 Å². The maximum atomic E-state index is 9.58. The minimum absolute atomic E-state index is 0. The molecule has 1 aliphatic heterocycles. The summed E-state index contributed by atoms with van der Waals surface area (Å²) < 4.78 is 0. The van der Waals surface area contributed by atoms with Gasteiger partial charge in [0.15, 0.2) is 11.5 Å². The lowest BCUT2D eigenvalue weighted by Crippen LogP contribution is -2.31. The average molecular weight is 308 g/mol. The Bertz CT molecular complexity index is 609. The Labute approximate surface area is 131 Å². The van der Waals surface area contributed by atoms with Gasteiger partial charge in [-0.05, 0) is 60.8 Å². The second-order valence-corrected chi connectivity index (χ2v) is 5.67. The predicted octanol–water partition coefficient (Wildman–Crippen LogP) is 3.70. The molecule has 2 aromatic rings. The number of hydrogen-bond acceptors (Lipinski definition) is 3. The van der Waals surface area contributed by atoms with Crippen LogP contribution in [-0.2, 0) is 6.42 Å². The zero-order valence-corrected chi connectivity index (χ0v) is 12.9. The van der Waals surface area contributed by atoms with E-state index in [-0.39, 0.29) is 23.9 Å². The van der Waals surface area contributed by atoms with Crippen LogP contribution in [0.1, 0.15) is 24.8 Å². The second kappa shape index (κ2) is 7.01. The number of rotatable bonds is 3. The molecule has 0 spiro atoms. The molecular formula is C17H22ClNO2. The van der Waals surface area contributed by atoms with E-state index >= 15 is 0 Å². The van der Waals surface area contributed by atoms with Crippen LogP contribution >= 0.6 is 12.4 Å². The molecule has 0 aromatic heterocycles. The van der Waals surface area contributed by atoms with Crippen LogP contribution < -0.4 is 0 Å². The third kappa shape index (κ3) is 3.80. The van der Waals surface area contributed by atoms with Crippen molar-refractivity contribution in [1.82, 2.24) is 4.90 Å². The standard InChI is InChI=1S/C17H21NO2.ClH/c19-16-11-14-5-4-13(10-15(14)12-17(16)20)6-9-18-7-2-1-3-8-18;/h4-5,10-12,19-20H,1-3,6-9H2;1H. The molecule has 1 saturated heterocycles. The number of hydrogen-bond donors (Lipinski definition) is 2. The van der Waals surface area contributed by atoms with Crippen molar-refractivity contribution in [2.75, 3.05) is 19.6 Å². The molecule has 2 N–H and O–H groups in total. The summed E-state index contributed by atoms with van der Waals surface area (Å²) in [6.45, 7) is 3.56. The van der Waals surface area contributed by atoms with Gasteiger partial charge in [-0.25, -0.2) is 0 Å². The summed E-state index contributed by atoms with van der Waals surface area (Å²) in [4.78, 5) is 2.53. The van der Waals surface area contributed by atoms with Crippen LogP contribution in [0.5, 0.6) is 11.5 Å². The van der Waals surface area contributed by atoms with E-state index in [4.69, 9.17) is 0 Å². The first-order valence-electron chi connectivity index (χ1n) is 7.39. The van der Waals surface area contributed by atoms with Crippen molar-refractivity contribution in [2.45, 2.75) is 25.7 Å². The molecule has 114 valence electrons. The maximum absolute atomic E-state index is 9.58. The van der Waals surface area contributed by atoms with E-state index in [1.807, 2.05) is 6.07 Å². The molecule has 0 bridgehead atoms. The number of phenolic OH excluding ortho intramolecular Hbond substituents is 2. The van der Waals surface area contributed by atoms with Gasteiger partial charge in [-0.3, -0.25) is 0 Å². The van der Waals surface area contributed by atoms with Gasteiger partial charge >= 0.3 is 0 Å². The molecule has 1 heterocycles. The third-order valence-electron chi connectivity index (χ3n) is 4.16. The van der Waals surface area contributed by atoms with Crippen LogP contribution in [0.2, 0.25) is 0 Å². The smallest absolute Gasteiger partial charge is 0.158 e. The Morgan fingerprint density at radius 2 is 1.52 bits per heavy atom. The Hall–Kier alpha value is -1.45. The number of halogens is 1. The fourth-order valence-electron chi connectivity index (χ4n) is 2.95. The zero-order chi connectivity index (χ0) is 13.9. The quantitative estimate of drug-likeness (QED) is 0.850. The Morgan fingerprint density at radius 1 is 0.857 bits per heavy atom. The van der Waals surface area contributed by atoms with Crippen molar-refractivity contribution in [3.8, 4) is 11.5 Å². The normalized spacial score (nSPS) is 15.8. The fourth-order valence-corrected chi connectivity index (χ4v) is 2.95. The van der Waals surface area contributed by atoms with Crippen molar-refractivity contribution in [1.29, 1.82) is 0 Å². The highest BCUT2D eigenvalue weighted by Crippen LogP contribution is 2.30. The van der Waals surface area contributed by atoms with E-state index in [1.54, 1.807) is 12.1 Å². The topological polar surface area (TPSA) is 43.7 Å². The first kappa shape index (κ1) is 15.9. The average Bonchev–Trinajstić information content (AvgIpc) is 2.47. The number of piperidine rings is 1. The number of phenols is 2. The molecule has 0 atom stereocenters. The summed E-state index contributed by atoms with van der Waals surface area (Å²) in [7, 11) is 0. The van der Waals surface area contributed by atoms with Gasteiger partial charge in [0, 0.05) is 6.54 Å². The van der Waals surface area contributed by atoms with Crippen molar-refractivity contribution < 1.29 is 10.2 Å². The number of fused-ring (bicyclic) bond motifs is 1. The van der Waals surface area contributed by atoms with Gasteiger partial charge in [-0.1, -0.05) is 24.6 Å². The van der Waals surface area contributed by atoms with Crippen LogP contribution in [0.15, 0.2) is 30.3 Å². The van der Waals surface area contributed by atoms with Crippen LogP contribution in [0.25, 0.3) is 10.8 Å². The second-order valence-electron chi connectivity index (χ2n) is 5.67. The van der Waals surface area contributed by atoms with E-state index in [2.05, 4.69) is 17.0 Å². The van der Waals surface area contributed by atoms with Gasteiger partial charge in [0.25, 0.3) is 0 Å². The highest BCUT2D eigenvalue weighted by atomic mass is 35.5. The highest BCUT2D eigenvalue weighted by molar-refractivity contribution is 5.86.